The molecule has 0 aliphatic carbocycles. The van der Waals surface area contributed by atoms with Gasteiger partial charge in [-0.15, -0.1) is 0 Å². The predicted octanol–water partition coefficient (Wildman–Crippen LogP) is 4.10. The summed E-state index contributed by atoms with van der Waals surface area (Å²) in [7, 11) is 0. The average Bonchev–Trinajstić information content (AvgIpc) is 2.70. The summed E-state index contributed by atoms with van der Waals surface area (Å²) in [4.78, 5) is 0. The number of ether oxygens (including phenoxy) is 1. The van der Waals surface area contributed by atoms with Gasteiger partial charge in [-0.2, -0.15) is 0 Å². The topological polar surface area (TPSA) is 41.5 Å². The molecule has 0 aliphatic rings. The van der Waals surface area contributed by atoms with Crippen molar-refractivity contribution < 1.29 is 14.2 Å². The lowest BCUT2D eigenvalue weighted by Gasteiger charge is -2.28. The highest BCUT2D eigenvalue weighted by Gasteiger charge is 2.26. The minimum Gasteiger partial charge on any atom is -0.486 e. The predicted molar refractivity (Wildman–Crippen MR) is 100 cm³/mol. The summed E-state index contributed by atoms with van der Waals surface area (Å²) in [5.74, 6) is 0.308. The first-order valence-corrected chi connectivity index (χ1v) is 8.62. The molecule has 0 heterocycles. The van der Waals surface area contributed by atoms with E-state index >= 15 is 0 Å². The first-order valence-electron chi connectivity index (χ1n) is 8.62. The summed E-state index contributed by atoms with van der Waals surface area (Å²) in [6.07, 6.45) is -0.627. The average molecular weight is 351 g/mol. The van der Waals surface area contributed by atoms with Gasteiger partial charge in [0.1, 0.15) is 17.7 Å². The zero-order valence-corrected chi connectivity index (χ0v) is 14.4. The van der Waals surface area contributed by atoms with Gasteiger partial charge in [-0.3, -0.25) is 0 Å². The maximum atomic E-state index is 14.4. The van der Waals surface area contributed by atoms with Crippen LogP contribution in [0.25, 0.3) is 0 Å². The van der Waals surface area contributed by atoms with Crippen LogP contribution >= 0.6 is 0 Å². The van der Waals surface area contributed by atoms with Gasteiger partial charge in [0.25, 0.3) is 0 Å². The largest absolute Gasteiger partial charge is 0.486 e. The Morgan fingerprint density at radius 1 is 0.846 bits per heavy atom. The van der Waals surface area contributed by atoms with E-state index in [0.717, 1.165) is 5.56 Å². The molecule has 3 rings (SSSR count). The lowest BCUT2D eigenvalue weighted by atomic mass is 10.00. The molecule has 0 unspecified atom stereocenters. The molecule has 0 aromatic heterocycles. The fourth-order valence-corrected chi connectivity index (χ4v) is 2.88. The van der Waals surface area contributed by atoms with Gasteiger partial charge >= 0.3 is 0 Å². The first-order chi connectivity index (χ1) is 12.8. The first kappa shape index (κ1) is 18.1. The molecule has 0 amide bonds. The van der Waals surface area contributed by atoms with Gasteiger partial charge in [-0.25, -0.2) is 4.39 Å². The summed E-state index contributed by atoms with van der Waals surface area (Å²) in [6, 6.07) is 25.2. The maximum absolute atomic E-state index is 14.4. The van der Waals surface area contributed by atoms with E-state index in [0.29, 0.717) is 17.9 Å². The summed E-state index contributed by atoms with van der Waals surface area (Å²) < 4.78 is 20.4. The second-order valence-corrected chi connectivity index (χ2v) is 6.02. The van der Waals surface area contributed by atoms with Gasteiger partial charge in [0.15, 0.2) is 0 Å². The van der Waals surface area contributed by atoms with Crippen molar-refractivity contribution in [1.82, 2.24) is 5.32 Å². The van der Waals surface area contributed by atoms with E-state index in [4.69, 9.17) is 4.74 Å². The Hall–Kier alpha value is -2.69. The Balaban J connectivity index is 1.84. The molecule has 3 aromatic rings. The zero-order valence-electron chi connectivity index (χ0n) is 14.4. The van der Waals surface area contributed by atoms with E-state index < -0.39 is 12.1 Å². The maximum Gasteiger partial charge on any atom is 0.141 e. The number of para-hydroxylation sites is 1. The summed E-state index contributed by atoms with van der Waals surface area (Å²) in [5.41, 5.74) is 1.55. The van der Waals surface area contributed by atoms with E-state index in [9.17, 15) is 9.50 Å². The van der Waals surface area contributed by atoms with Crippen molar-refractivity contribution >= 4 is 0 Å². The molecule has 0 bridgehead atoms. The van der Waals surface area contributed by atoms with Crippen molar-refractivity contribution in [2.24, 2.45) is 0 Å². The third-order valence-electron chi connectivity index (χ3n) is 4.19. The molecule has 2 N–H and O–H groups in total. The van der Waals surface area contributed by atoms with Crippen molar-refractivity contribution in [3.63, 3.8) is 0 Å². The van der Waals surface area contributed by atoms with Gasteiger partial charge in [0, 0.05) is 12.1 Å². The number of aliphatic hydroxyl groups excluding tert-OH is 1. The molecule has 0 fully saturated rings. The second-order valence-electron chi connectivity index (χ2n) is 6.02. The fraction of sp³-hybridized carbons (Fsp3) is 0.182. The number of benzene rings is 3. The quantitative estimate of drug-likeness (QED) is 0.642. The molecular weight excluding hydrogens is 329 g/mol. The van der Waals surface area contributed by atoms with E-state index in [1.54, 1.807) is 18.2 Å². The molecule has 2 atom stereocenters. The minimum absolute atomic E-state index is 0.240. The Labute approximate surface area is 153 Å². The molecule has 0 radical (unpaired) electrons. The lowest BCUT2D eigenvalue weighted by Crippen LogP contribution is -2.38. The van der Waals surface area contributed by atoms with Gasteiger partial charge in [-0.05, 0) is 23.8 Å². The molecule has 3 aromatic carbocycles. The van der Waals surface area contributed by atoms with Crippen molar-refractivity contribution in [3.8, 4) is 5.75 Å². The second kappa shape index (κ2) is 9.13. The number of aliphatic hydroxyl groups is 1. The van der Waals surface area contributed by atoms with Crippen LogP contribution in [-0.4, -0.2) is 17.8 Å². The molecule has 0 spiro atoms. The lowest BCUT2D eigenvalue weighted by molar-refractivity contribution is 0.0806. The normalized spacial score (nSPS) is 13.2. The molecule has 134 valence electrons. The fourth-order valence-electron chi connectivity index (χ4n) is 2.88. The van der Waals surface area contributed by atoms with Crippen LogP contribution < -0.4 is 10.1 Å². The summed E-state index contributed by atoms with van der Waals surface area (Å²) in [5, 5.41) is 13.3. The van der Waals surface area contributed by atoms with Crippen LogP contribution in [0.5, 0.6) is 5.75 Å². The van der Waals surface area contributed by atoms with Crippen LogP contribution in [0.2, 0.25) is 0 Å². The highest BCUT2D eigenvalue weighted by molar-refractivity contribution is 5.26. The summed E-state index contributed by atoms with van der Waals surface area (Å²) in [6.45, 7) is 0.296. The van der Waals surface area contributed by atoms with E-state index in [1.807, 2.05) is 60.7 Å². The van der Waals surface area contributed by atoms with Crippen LogP contribution in [0.3, 0.4) is 0 Å². The van der Waals surface area contributed by atoms with E-state index in [1.165, 1.54) is 6.07 Å². The van der Waals surface area contributed by atoms with Crippen LogP contribution in [0.1, 0.15) is 17.2 Å². The molecule has 4 heteroatoms. The number of hydrogen-bond donors (Lipinski definition) is 2. The smallest absolute Gasteiger partial charge is 0.141 e. The monoisotopic (exact) mass is 351 g/mol. The minimum atomic E-state index is -0.627. The van der Waals surface area contributed by atoms with Crippen molar-refractivity contribution in [1.29, 1.82) is 0 Å². The number of hydrogen-bond acceptors (Lipinski definition) is 3. The Morgan fingerprint density at radius 2 is 1.46 bits per heavy atom. The van der Waals surface area contributed by atoms with Crippen molar-refractivity contribution in [2.75, 3.05) is 6.61 Å². The van der Waals surface area contributed by atoms with Gasteiger partial charge in [0.2, 0.25) is 0 Å². The van der Waals surface area contributed by atoms with Gasteiger partial charge < -0.3 is 15.2 Å². The molecule has 0 aliphatic heterocycles. The molecule has 0 saturated carbocycles. The third-order valence-corrected chi connectivity index (χ3v) is 4.19. The van der Waals surface area contributed by atoms with Crippen LogP contribution in [-0.2, 0) is 6.54 Å². The zero-order chi connectivity index (χ0) is 18.2. The van der Waals surface area contributed by atoms with E-state index in [2.05, 4.69) is 5.32 Å². The van der Waals surface area contributed by atoms with Crippen molar-refractivity contribution in [2.45, 2.75) is 18.7 Å². The molecule has 26 heavy (non-hydrogen) atoms. The van der Waals surface area contributed by atoms with Crippen LogP contribution in [0.4, 0.5) is 4.39 Å². The summed E-state index contributed by atoms with van der Waals surface area (Å²) >= 11 is 0. The van der Waals surface area contributed by atoms with E-state index in [-0.39, 0.29) is 12.4 Å². The Kier molecular flexibility index (Phi) is 6.36. The molecular formula is C22H22FNO2. The van der Waals surface area contributed by atoms with Crippen LogP contribution in [0, 0.1) is 5.82 Å². The van der Waals surface area contributed by atoms with Gasteiger partial charge in [0.05, 0.1) is 12.6 Å². The molecule has 3 nitrogen and oxygen atoms in total. The number of nitrogens with one attached hydrogen (secondary N) is 1. The van der Waals surface area contributed by atoms with Gasteiger partial charge in [-0.1, -0.05) is 66.7 Å². The third kappa shape index (κ3) is 4.69. The Bertz CT molecular complexity index is 796. The standard InChI is InChI=1S/C22H22FNO2/c23-20-14-8-7-13-19(20)22(24-15-17-9-3-1-4-10-17)21(16-25)26-18-11-5-2-6-12-18/h1-14,21-22,24-25H,15-16H2/t21-,22-/m0/s1. The highest BCUT2D eigenvalue weighted by Crippen LogP contribution is 2.24. The highest BCUT2D eigenvalue weighted by atomic mass is 19.1. The van der Waals surface area contributed by atoms with Crippen molar-refractivity contribution in [3.05, 3.63) is 102 Å². The Morgan fingerprint density at radius 3 is 2.12 bits per heavy atom. The number of halogens is 1. The molecule has 0 saturated heterocycles. The number of rotatable bonds is 8. The van der Waals surface area contributed by atoms with Crippen LogP contribution in [0.15, 0.2) is 84.9 Å². The SMILES string of the molecule is OC[C@H](Oc1ccccc1)[C@@H](NCc1ccccc1)c1ccccc1F.